The summed E-state index contributed by atoms with van der Waals surface area (Å²) in [6.07, 6.45) is 13.0. The van der Waals surface area contributed by atoms with Gasteiger partial charge in [-0.05, 0) is 38.0 Å². The van der Waals surface area contributed by atoms with Crippen LogP contribution in [-0.4, -0.2) is 63.3 Å². The van der Waals surface area contributed by atoms with E-state index in [-0.39, 0.29) is 11.9 Å². The molecule has 1 saturated heterocycles. The van der Waals surface area contributed by atoms with Crippen LogP contribution in [0.1, 0.15) is 74.7 Å². The molecule has 150 valence electrons. The largest absolute Gasteiger partial charge is 0.343 e. The zero-order valence-electron chi connectivity index (χ0n) is 16.8. The molecule has 1 aliphatic heterocycles. The third kappa shape index (κ3) is 5.30. The van der Waals surface area contributed by atoms with Gasteiger partial charge in [0.15, 0.2) is 5.69 Å². The highest BCUT2D eigenvalue weighted by Gasteiger charge is 2.27. The minimum atomic E-state index is -0.136. The van der Waals surface area contributed by atoms with Crippen LogP contribution < -0.4 is 0 Å². The van der Waals surface area contributed by atoms with Crippen LogP contribution in [-0.2, 0) is 11.3 Å². The van der Waals surface area contributed by atoms with E-state index in [0.717, 1.165) is 38.1 Å². The zero-order chi connectivity index (χ0) is 19.2. The van der Waals surface area contributed by atoms with Gasteiger partial charge >= 0.3 is 0 Å². The number of likely N-dealkylation sites (tertiary alicyclic amines) is 1. The molecule has 7 nitrogen and oxygen atoms in total. The highest BCUT2D eigenvalue weighted by molar-refractivity contribution is 5.91. The van der Waals surface area contributed by atoms with Crippen molar-refractivity contribution in [2.75, 3.05) is 20.6 Å². The average Bonchev–Trinajstić information content (AvgIpc) is 3.36. The van der Waals surface area contributed by atoms with E-state index < -0.39 is 0 Å². The topological polar surface area (TPSA) is 71.3 Å². The van der Waals surface area contributed by atoms with Gasteiger partial charge in [0.2, 0.25) is 5.91 Å². The molecule has 0 N–H and O–H groups in total. The second-order valence-corrected chi connectivity index (χ2v) is 8.28. The fourth-order valence-electron chi connectivity index (χ4n) is 4.42. The van der Waals surface area contributed by atoms with Crippen molar-refractivity contribution in [2.45, 2.75) is 76.8 Å². The minimum Gasteiger partial charge on any atom is -0.343 e. The van der Waals surface area contributed by atoms with Gasteiger partial charge in [0.1, 0.15) is 0 Å². The second kappa shape index (κ2) is 9.33. The summed E-state index contributed by atoms with van der Waals surface area (Å²) < 4.78 is 1.73. The molecule has 2 fully saturated rings. The van der Waals surface area contributed by atoms with Gasteiger partial charge in [0.05, 0.1) is 6.20 Å². The minimum absolute atomic E-state index is 0.136. The summed E-state index contributed by atoms with van der Waals surface area (Å²) in [7, 11) is 3.41. The standard InChI is InChI=1S/C20H33N5O2/c1-23(2)20(27)18-15-24(22-21-18)14-12-17-9-5-6-13-25(17)19(26)11-10-16-7-3-4-8-16/h15-17H,3-14H2,1-2H3. The molecule has 1 atom stereocenters. The molecule has 1 aliphatic carbocycles. The zero-order valence-corrected chi connectivity index (χ0v) is 16.8. The van der Waals surface area contributed by atoms with Crippen LogP contribution in [0.25, 0.3) is 0 Å². The van der Waals surface area contributed by atoms with Crippen LogP contribution in [0, 0.1) is 5.92 Å². The van der Waals surface area contributed by atoms with E-state index >= 15 is 0 Å². The molecular formula is C20H33N5O2. The maximum atomic E-state index is 12.8. The van der Waals surface area contributed by atoms with E-state index in [2.05, 4.69) is 15.2 Å². The summed E-state index contributed by atoms with van der Waals surface area (Å²) in [5.41, 5.74) is 0.369. The first-order valence-electron chi connectivity index (χ1n) is 10.5. The number of rotatable bonds is 7. The quantitative estimate of drug-likeness (QED) is 0.735. The Kier molecular flexibility index (Phi) is 6.85. The van der Waals surface area contributed by atoms with Crippen molar-refractivity contribution in [3.05, 3.63) is 11.9 Å². The van der Waals surface area contributed by atoms with Gasteiger partial charge in [0, 0.05) is 39.6 Å². The lowest BCUT2D eigenvalue weighted by atomic mass is 9.97. The molecule has 0 radical (unpaired) electrons. The monoisotopic (exact) mass is 375 g/mol. The van der Waals surface area contributed by atoms with Crippen molar-refractivity contribution in [1.82, 2.24) is 24.8 Å². The smallest absolute Gasteiger partial charge is 0.275 e. The molecule has 2 aliphatic rings. The summed E-state index contributed by atoms with van der Waals surface area (Å²) in [6.45, 7) is 1.57. The van der Waals surface area contributed by atoms with Gasteiger partial charge in [-0.1, -0.05) is 30.9 Å². The first-order valence-corrected chi connectivity index (χ1v) is 10.5. The fourth-order valence-corrected chi connectivity index (χ4v) is 4.42. The molecular weight excluding hydrogens is 342 g/mol. The summed E-state index contributed by atoms with van der Waals surface area (Å²) in [6, 6.07) is 0.284. The van der Waals surface area contributed by atoms with E-state index in [1.165, 1.54) is 37.0 Å². The van der Waals surface area contributed by atoms with Crippen LogP contribution in [0.5, 0.6) is 0 Å². The highest BCUT2D eigenvalue weighted by Crippen LogP contribution is 2.29. The Morgan fingerprint density at radius 1 is 1.11 bits per heavy atom. The third-order valence-corrected chi connectivity index (χ3v) is 6.04. The lowest BCUT2D eigenvalue weighted by Gasteiger charge is -2.36. The number of carbonyl (C=O) groups excluding carboxylic acids is 2. The predicted octanol–water partition coefficient (Wildman–Crippen LogP) is 2.72. The Morgan fingerprint density at radius 3 is 2.59 bits per heavy atom. The molecule has 2 heterocycles. The maximum Gasteiger partial charge on any atom is 0.275 e. The van der Waals surface area contributed by atoms with Crippen molar-refractivity contribution < 1.29 is 9.59 Å². The summed E-state index contributed by atoms with van der Waals surface area (Å²) >= 11 is 0. The SMILES string of the molecule is CN(C)C(=O)c1cn(CCC2CCCCN2C(=O)CCC2CCCC2)nn1. The number of aryl methyl sites for hydroxylation is 1. The molecule has 27 heavy (non-hydrogen) atoms. The normalized spacial score (nSPS) is 20.8. The number of aromatic nitrogens is 3. The Bertz CT molecular complexity index is 636. The summed E-state index contributed by atoms with van der Waals surface area (Å²) in [5, 5.41) is 8.05. The molecule has 0 spiro atoms. The van der Waals surface area contributed by atoms with Crippen LogP contribution in [0.4, 0.5) is 0 Å². The van der Waals surface area contributed by atoms with E-state index in [9.17, 15) is 9.59 Å². The number of amides is 2. The van der Waals surface area contributed by atoms with Crippen LogP contribution in [0.3, 0.4) is 0 Å². The Hall–Kier alpha value is -1.92. The molecule has 1 aromatic heterocycles. The van der Waals surface area contributed by atoms with Crippen molar-refractivity contribution >= 4 is 11.8 Å². The Morgan fingerprint density at radius 2 is 1.85 bits per heavy atom. The van der Waals surface area contributed by atoms with Crippen molar-refractivity contribution in [1.29, 1.82) is 0 Å². The Labute approximate surface area is 162 Å². The van der Waals surface area contributed by atoms with Gasteiger partial charge in [0.25, 0.3) is 5.91 Å². The molecule has 0 aromatic carbocycles. The first kappa shape index (κ1) is 19.8. The number of carbonyl (C=O) groups is 2. The van der Waals surface area contributed by atoms with Crippen LogP contribution >= 0.6 is 0 Å². The lowest BCUT2D eigenvalue weighted by molar-refractivity contribution is -0.135. The predicted molar refractivity (Wildman–Crippen MR) is 103 cm³/mol. The second-order valence-electron chi connectivity index (χ2n) is 8.28. The maximum absolute atomic E-state index is 12.8. The van der Waals surface area contributed by atoms with Gasteiger partial charge in [-0.25, -0.2) is 0 Å². The van der Waals surface area contributed by atoms with Crippen LogP contribution in [0.15, 0.2) is 6.20 Å². The third-order valence-electron chi connectivity index (χ3n) is 6.04. The van der Waals surface area contributed by atoms with Gasteiger partial charge in [-0.15, -0.1) is 5.10 Å². The van der Waals surface area contributed by atoms with Crippen molar-refractivity contribution in [3.8, 4) is 0 Å². The van der Waals surface area contributed by atoms with Crippen LogP contribution in [0.2, 0.25) is 0 Å². The van der Waals surface area contributed by atoms with Crippen molar-refractivity contribution in [3.63, 3.8) is 0 Å². The molecule has 0 bridgehead atoms. The van der Waals surface area contributed by atoms with Crippen molar-refractivity contribution in [2.24, 2.45) is 5.92 Å². The van der Waals surface area contributed by atoms with E-state index in [1.807, 2.05) is 0 Å². The number of piperidine rings is 1. The molecule has 7 heteroatoms. The first-order chi connectivity index (χ1) is 13.0. The highest BCUT2D eigenvalue weighted by atomic mass is 16.2. The molecule has 2 amide bonds. The molecule has 1 aromatic rings. The Balaban J connectivity index is 1.51. The number of hydrogen-bond donors (Lipinski definition) is 0. The van der Waals surface area contributed by atoms with E-state index in [4.69, 9.17) is 0 Å². The molecule has 1 saturated carbocycles. The van der Waals surface area contributed by atoms with E-state index in [0.29, 0.717) is 24.6 Å². The fraction of sp³-hybridized carbons (Fsp3) is 0.800. The van der Waals surface area contributed by atoms with Gasteiger partial charge in [-0.3, -0.25) is 14.3 Å². The number of nitrogens with zero attached hydrogens (tertiary/aromatic N) is 5. The number of hydrogen-bond acceptors (Lipinski definition) is 4. The van der Waals surface area contributed by atoms with Gasteiger partial charge < -0.3 is 9.80 Å². The molecule has 3 rings (SSSR count). The average molecular weight is 376 g/mol. The lowest BCUT2D eigenvalue weighted by Crippen LogP contribution is -2.44. The summed E-state index contributed by atoms with van der Waals surface area (Å²) in [5.74, 6) is 0.955. The van der Waals surface area contributed by atoms with Gasteiger partial charge in [-0.2, -0.15) is 0 Å². The van der Waals surface area contributed by atoms with E-state index in [1.54, 1.807) is 25.0 Å². The summed E-state index contributed by atoms with van der Waals surface area (Å²) in [4.78, 5) is 28.3. The molecule has 1 unspecified atom stereocenters.